The Morgan fingerprint density at radius 1 is 0.814 bits per heavy atom. The van der Waals surface area contributed by atoms with Crippen LogP contribution in [0.5, 0.6) is 0 Å². The second kappa shape index (κ2) is 14.1. The van der Waals surface area contributed by atoms with Gasteiger partial charge in [-0.05, 0) is 56.2 Å². The maximum Gasteiger partial charge on any atom is 0.264 e. The number of benzene rings is 4. The highest BCUT2D eigenvalue weighted by Crippen LogP contribution is 2.27. The van der Waals surface area contributed by atoms with Gasteiger partial charge in [-0.25, -0.2) is 12.8 Å². The molecule has 4 rings (SSSR count). The SMILES string of the molecule is CCNC(=O)[C@H](Cc1ccccc1)N(Cc1cccc(C)c1)C(=O)CN(c1ccccc1F)S(=O)(=O)c1ccc(C)cc1. The van der Waals surface area contributed by atoms with E-state index < -0.39 is 34.3 Å². The molecule has 0 unspecified atom stereocenters. The van der Waals surface area contributed by atoms with Crippen molar-refractivity contribution in [1.29, 1.82) is 0 Å². The molecular formula is C34H36FN3O4S. The van der Waals surface area contributed by atoms with E-state index in [1.807, 2.05) is 68.4 Å². The van der Waals surface area contributed by atoms with Crippen LogP contribution in [-0.4, -0.2) is 44.3 Å². The van der Waals surface area contributed by atoms with Gasteiger partial charge in [0.15, 0.2) is 0 Å². The molecule has 0 fully saturated rings. The molecule has 0 saturated carbocycles. The fraction of sp³-hybridized carbons (Fsp3) is 0.235. The number of rotatable bonds is 12. The van der Waals surface area contributed by atoms with E-state index >= 15 is 4.39 Å². The number of carbonyl (C=O) groups excluding carboxylic acids is 2. The zero-order chi connectivity index (χ0) is 31.0. The first-order valence-corrected chi connectivity index (χ1v) is 15.5. The van der Waals surface area contributed by atoms with Crippen molar-refractivity contribution in [2.45, 2.75) is 44.7 Å². The highest BCUT2D eigenvalue weighted by molar-refractivity contribution is 7.92. The van der Waals surface area contributed by atoms with Crippen LogP contribution >= 0.6 is 0 Å². The zero-order valence-corrected chi connectivity index (χ0v) is 25.4. The topological polar surface area (TPSA) is 86.8 Å². The molecule has 0 heterocycles. The summed E-state index contributed by atoms with van der Waals surface area (Å²) < 4.78 is 43.9. The minimum Gasteiger partial charge on any atom is -0.355 e. The van der Waals surface area contributed by atoms with Crippen molar-refractivity contribution in [2.75, 3.05) is 17.4 Å². The van der Waals surface area contributed by atoms with Gasteiger partial charge in [-0.1, -0.05) is 90.0 Å². The van der Waals surface area contributed by atoms with Crippen LogP contribution in [0.25, 0.3) is 0 Å². The molecule has 2 amide bonds. The molecule has 4 aromatic rings. The van der Waals surface area contributed by atoms with E-state index in [1.165, 1.54) is 35.2 Å². The van der Waals surface area contributed by atoms with Gasteiger partial charge >= 0.3 is 0 Å². The van der Waals surface area contributed by atoms with Gasteiger partial charge in [-0.15, -0.1) is 0 Å². The summed E-state index contributed by atoms with van der Waals surface area (Å²) in [5.41, 5.74) is 3.16. The minimum atomic E-state index is -4.37. The molecule has 0 bridgehead atoms. The van der Waals surface area contributed by atoms with Crippen LogP contribution in [0.2, 0.25) is 0 Å². The molecule has 0 aromatic heterocycles. The second-order valence-electron chi connectivity index (χ2n) is 10.4. The van der Waals surface area contributed by atoms with Gasteiger partial charge in [-0.3, -0.25) is 13.9 Å². The summed E-state index contributed by atoms with van der Waals surface area (Å²) in [5, 5.41) is 2.83. The van der Waals surface area contributed by atoms with Gasteiger partial charge in [0.1, 0.15) is 18.4 Å². The molecular weight excluding hydrogens is 565 g/mol. The molecule has 43 heavy (non-hydrogen) atoms. The summed E-state index contributed by atoms with van der Waals surface area (Å²) in [6, 6.07) is 27.5. The number of halogens is 1. The Kier molecular flexibility index (Phi) is 10.3. The van der Waals surface area contributed by atoms with Crippen molar-refractivity contribution in [2.24, 2.45) is 0 Å². The Hall–Kier alpha value is -4.50. The molecule has 7 nitrogen and oxygen atoms in total. The van der Waals surface area contributed by atoms with Gasteiger partial charge in [0.25, 0.3) is 10.0 Å². The van der Waals surface area contributed by atoms with E-state index in [9.17, 15) is 18.0 Å². The van der Waals surface area contributed by atoms with E-state index in [1.54, 1.807) is 19.1 Å². The lowest BCUT2D eigenvalue weighted by Crippen LogP contribution is -2.53. The summed E-state index contributed by atoms with van der Waals surface area (Å²) >= 11 is 0. The Labute approximate surface area is 253 Å². The maximum atomic E-state index is 15.2. The molecule has 0 aliphatic carbocycles. The predicted octanol–water partition coefficient (Wildman–Crippen LogP) is 5.41. The Morgan fingerprint density at radius 2 is 1.47 bits per heavy atom. The lowest BCUT2D eigenvalue weighted by molar-refractivity contribution is -0.140. The lowest BCUT2D eigenvalue weighted by atomic mass is 10.0. The summed E-state index contributed by atoms with van der Waals surface area (Å²) in [4.78, 5) is 29.1. The molecule has 0 radical (unpaired) electrons. The lowest BCUT2D eigenvalue weighted by Gasteiger charge is -2.34. The van der Waals surface area contributed by atoms with Crippen LogP contribution in [0, 0.1) is 19.7 Å². The molecule has 0 spiro atoms. The standard InChI is InChI=1S/C34H36FN3O4S/c1-4-36-34(40)32(22-27-12-6-5-7-13-27)37(23-28-14-10-11-26(3)21-28)33(39)24-38(31-16-9-8-15-30(31)35)43(41,42)29-19-17-25(2)18-20-29/h5-21,32H,4,22-24H2,1-3H3,(H,36,40)/t32-/m0/s1. The highest BCUT2D eigenvalue weighted by atomic mass is 32.2. The largest absolute Gasteiger partial charge is 0.355 e. The van der Waals surface area contributed by atoms with Gasteiger partial charge in [0.2, 0.25) is 11.8 Å². The number of nitrogens with zero attached hydrogens (tertiary/aromatic N) is 2. The second-order valence-corrected chi connectivity index (χ2v) is 12.2. The first-order chi connectivity index (χ1) is 20.6. The summed E-state index contributed by atoms with van der Waals surface area (Å²) in [5.74, 6) is -1.81. The van der Waals surface area contributed by atoms with Crippen LogP contribution in [0.15, 0.2) is 108 Å². The normalized spacial score (nSPS) is 11.9. The van der Waals surface area contributed by atoms with Crippen molar-refractivity contribution in [3.63, 3.8) is 0 Å². The van der Waals surface area contributed by atoms with E-state index in [0.717, 1.165) is 32.6 Å². The molecule has 1 N–H and O–H groups in total. The molecule has 224 valence electrons. The van der Waals surface area contributed by atoms with E-state index in [2.05, 4.69) is 5.32 Å². The quantitative estimate of drug-likeness (QED) is 0.235. The maximum absolute atomic E-state index is 15.2. The molecule has 1 atom stereocenters. The third-order valence-corrected chi connectivity index (χ3v) is 8.84. The highest BCUT2D eigenvalue weighted by Gasteiger charge is 2.35. The van der Waals surface area contributed by atoms with E-state index in [-0.39, 0.29) is 29.5 Å². The number of nitrogens with one attached hydrogen (secondary N) is 1. The van der Waals surface area contributed by atoms with Gasteiger partial charge in [0, 0.05) is 19.5 Å². The summed E-state index contributed by atoms with van der Waals surface area (Å²) in [7, 11) is -4.37. The Bertz CT molecular complexity index is 1660. The first kappa shape index (κ1) is 31.4. The number of likely N-dealkylation sites (N-methyl/N-ethyl adjacent to an activating group) is 1. The molecule has 4 aromatic carbocycles. The Morgan fingerprint density at radius 3 is 2.12 bits per heavy atom. The van der Waals surface area contributed by atoms with Crippen LogP contribution in [-0.2, 0) is 32.6 Å². The van der Waals surface area contributed by atoms with Gasteiger partial charge in [-0.2, -0.15) is 0 Å². The summed E-state index contributed by atoms with van der Waals surface area (Å²) in [6.07, 6.45) is 0.203. The van der Waals surface area contributed by atoms with Gasteiger partial charge < -0.3 is 10.2 Å². The monoisotopic (exact) mass is 601 g/mol. The number of para-hydroxylation sites is 1. The smallest absolute Gasteiger partial charge is 0.264 e. The minimum absolute atomic E-state index is 0.0465. The van der Waals surface area contributed by atoms with Crippen LogP contribution in [0.1, 0.15) is 29.2 Å². The average Bonchev–Trinajstić information content (AvgIpc) is 2.99. The Balaban J connectivity index is 1.80. The number of anilines is 1. The zero-order valence-electron chi connectivity index (χ0n) is 24.5. The molecule has 9 heteroatoms. The fourth-order valence-electron chi connectivity index (χ4n) is 4.86. The van der Waals surface area contributed by atoms with Crippen LogP contribution < -0.4 is 9.62 Å². The number of sulfonamides is 1. The van der Waals surface area contributed by atoms with Crippen molar-refractivity contribution in [3.8, 4) is 0 Å². The van der Waals surface area contributed by atoms with Crippen LogP contribution in [0.3, 0.4) is 0 Å². The number of hydrogen-bond acceptors (Lipinski definition) is 4. The first-order valence-electron chi connectivity index (χ1n) is 14.1. The molecule has 0 aliphatic rings. The van der Waals surface area contributed by atoms with Crippen molar-refractivity contribution in [3.05, 3.63) is 131 Å². The van der Waals surface area contributed by atoms with Crippen molar-refractivity contribution in [1.82, 2.24) is 10.2 Å². The predicted molar refractivity (Wildman–Crippen MR) is 166 cm³/mol. The number of carbonyl (C=O) groups is 2. The number of amides is 2. The average molecular weight is 602 g/mol. The van der Waals surface area contributed by atoms with Crippen molar-refractivity contribution >= 4 is 27.5 Å². The van der Waals surface area contributed by atoms with Gasteiger partial charge in [0.05, 0.1) is 10.6 Å². The van der Waals surface area contributed by atoms with E-state index in [4.69, 9.17) is 0 Å². The van der Waals surface area contributed by atoms with Crippen molar-refractivity contribution < 1.29 is 22.4 Å². The number of aryl methyl sites for hydroxylation is 2. The fourth-order valence-corrected chi connectivity index (χ4v) is 6.28. The van der Waals surface area contributed by atoms with E-state index in [0.29, 0.717) is 6.54 Å². The number of hydrogen-bond donors (Lipinski definition) is 1. The molecule has 0 aliphatic heterocycles. The summed E-state index contributed by atoms with van der Waals surface area (Å²) in [6.45, 7) is 5.22. The third kappa shape index (κ3) is 7.87. The van der Waals surface area contributed by atoms with Crippen LogP contribution in [0.4, 0.5) is 10.1 Å². The third-order valence-electron chi connectivity index (χ3n) is 7.07. The molecule has 0 saturated heterocycles.